The largest absolute Gasteiger partial charge is 0.466 e. The standard InChI is InChI=1S/C34H60O2/c1-3-5-7-9-11-13-15-17-18-19-21-23-25-27-29-31-33-36-34(35)32-30-28-26-24-22-20-16-14-12-10-8-6-4-2/h11,13,17-18,20,22,24,26H,3-10,12,14-16,19,21,23,25,27-33H2,1-2H3/b13-11+,18-17+,22-20-,26-24+. The molecule has 0 bridgehead atoms. The highest BCUT2D eigenvalue weighted by Gasteiger charge is 2.01. The number of hydrogen-bond acceptors (Lipinski definition) is 2. The third-order valence-electron chi connectivity index (χ3n) is 6.47. The van der Waals surface area contributed by atoms with Crippen LogP contribution in [0.1, 0.15) is 155 Å². The average molecular weight is 501 g/mol. The molecule has 0 amide bonds. The van der Waals surface area contributed by atoms with E-state index in [9.17, 15) is 4.79 Å². The maximum absolute atomic E-state index is 11.8. The van der Waals surface area contributed by atoms with Crippen LogP contribution >= 0.6 is 0 Å². The summed E-state index contributed by atoms with van der Waals surface area (Å²) in [7, 11) is 0. The zero-order chi connectivity index (χ0) is 26.2. The summed E-state index contributed by atoms with van der Waals surface area (Å²) in [5.41, 5.74) is 0. The Morgan fingerprint density at radius 3 is 1.56 bits per heavy atom. The molecule has 36 heavy (non-hydrogen) atoms. The van der Waals surface area contributed by atoms with E-state index < -0.39 is 0 Å². The number of carbonyl (C=O) groups is 1. The zero-order valence-corrected chi connectivity index (χ0v) is 24.2. The van der Waals surface area contributed by atoms with Gasteiger partial charge < -0.3 is 4.74 Å². The van der Waals surface area contributed by atoms with E-state index >= 15 is 0 Å². The SMILES string of the molecule is CCCCC/C=C/C/C=C/CCCCCCCCOC(=O)CCC/C=C/C=C\CCCCCCCC. The Bertz CT molecular complexity index is 556. The number of unbranched alkanes of at least 4 members (excludes halogenated alkanes) is 16. The second-order valence-corrected chi connectivity index (χ2v) is 10.1. The summed E-state index contributed by atoms with van der Waals surface area (Å²) in [5.74, 6) is -0.0374. The average Bonchev–Trinajstić information content (AvgIpc) is 2.88. The van der Waals surface area contributed by atoms with E-state index in [1.165, 1.54) is 109 Å². The van der Waals surface area contributed by atoms with Crippen molar-refractivity contribution < 1.29 is 9.53 Å². The lowest BCUT2D eigenvalue weighted by Gasteiger charge is -2.04. The van der Waals surface area contributed by atoms with Crippen molar-refractivity contribution in [1.82, 2.24) is 0 Å². The minimum absolute atomic E-state index is 0.0374. The Kier molecular flexibility index (Phi) is 30.1. The van der Waals surface area contributed by atoms with Gasteiger partial charge in [0.25, 0.3) is 0 Å². The van der Waals surface area contributed by atoms with Crippen molar-refractivity contribution in [2.75, 3.05) is 6.61 Å². The number of hydrogen-bond donors (Lipinski definition) is 0. The first kappa shape index (κ1) is 34.4. The number of rotatable bonds is 27. The summed E-state index contributed by atoms with van der Waals surface area (Å²) < 4.78 is 5.38. The fourth-order valence-electron chi connectivity index (χ4n) is 4.10. The minimum Gasteiger partial charge on any atom is -0.466 e. The summed E-state index contributed by atoms with van der Waals surface area (Å²) in [6.45, 7) is 5.10. The molecule has 0 unspecified atom stereocenters. The van der Waals surface area contributed by atoms with Crippen LogP contribution in [-0.4, -0.2) is 12.6 Å². The predicted molar refractivity (Wildman–Crippen MR) is 160 cm³/mol. The van der Waals surface area contributed by atoms with E-state index in [-0.39, 0.29) is 5.97 Å². The third-order valence-corrected chi connectivity index (χ3v) is 6.47. The van der Waals surface area contributed by atoms with Gasteiger partial charge in [-0.2, -0.15) is 0 Å². The molecule has 0 heterocycles. The molecule has 208 valence electrons. The van der Waals surface area contributed by atoms with Gasteiger partial charge in [0, 0.05) is 6.42 Å². The lowest BCUT2D eigenvalue weighted by molar-refractivity contribution is -0.143. The Balaban J connectivity index is 3.34. The van der Waals surface area contributed by atoms with Crippen molar-refractivity contribution in [2.45, 2.75) is 155 Å². The zero-order valence-electron chi connectivity index (χ0n) is 24.2. The molecule has 0 aromatic carbocycles. The van der Waals surface area contributed by atoms with Crippen molar-refractivity contribution in [1.29, 1.82) is 0 Å². The molecule has 0 atom stereocenters. The fraction of sp³-hybridized carbons (Fsp3) is 0.735. The van der Waals surface area contributed by atoms with Gasteiger partial charge in [-0.3, -0.25) is 4.79 Å². The number of allylic oxidation sites excluding steroid dienone is 8. The highest BCUT2D eigenvalue weighted by Crippen LogP contribution is 2.09. The van der Waals surface area contributed by atoms with E-state index in [0.717, 1.165) is 25.7 Å². The number of esters is 1. The number of carbonyl (C=O) groups excluding carboxylic acids is 1. The van der Waals surface area contributed by atoms with Crippen molar-refractivity contribution in [3.8, 4) is 0 Å². The lowest BCUT2D eigenvalue weighted by Crippen LogP contribution is -2.05. The van der Waals surface area contributed by atoms with E-state index in [1.807, 2.05) is 0 Å². The molecular formula is C34H60O2. The predicted octanol–water partition coefficient (Wildman–Crippen LogP) is 11.4. The smallest absolute Gasteiger partial charge is 0.305 e. The van der Waals surface area contributed by atoms with Crippen LogP contribution in [0.25, 0.3) is 0 Å². The molecule has 0 rings (SSSR count). The second-order valence-electron chi connectivity index (χ2n) is 10.1. The second kappa shape index (κ2) is 31.5. The van der Waals surface area contributed by atoms with Gasteiger partial charge in [0.2, 0.25) is 0 Å². The minimum atomic E-state index is -0.0374. The fourth-order valence-corrected chi connectivity index (χ4v) is 4.10. The lowest BCUT2D eigenvalue weighted by atomic mass is 10.1. The normalized spacial score (nSPS) is 12.2. The molecule has 2 nitrogen and oxygen atoms in total. The molecule has 0 radical (unpaired) electrons. The van der Waals surface area contributed by atoms with Gasteiger partial charge in [0.15, 0.2) is 0 Å². The van der Waals surface area contributed by atoms with E-state index in [0.29, 0.717) is 13.0 Å². The molecule has 0 N–H and O–H groups in total. The molecule has 0 spiro atoms. The van der Waals surface area contributed by atoms with Crippen LogP contribution in [0.3, 0.4) is 0 Å². The summed E-state index contributed by atoms with van der Waals surface area (Å²) in [6.07, 6.45) is 44.4. The highest BCUT2D eigenvalue weighted by molar-refractivity contribution is 5.69. The van der Waals surface area contributed by atoms with Crippen LogP contribution in [0.4, 0.5) is 0 Å². The number of ether oxygens (including phenoxy) is 1. The summed E-state index contributed by atoms with van der Waals surface area (Å²) >= 11 is 0. The van der Waals surface area contributed by atoms with E-state index in [1.54, 1.807) is 0 Å². The molecule has 0 saturated carbocycles. The van der Waals surface area contributed by atoms with Gasteiger partial charge >= 0.3 is 5.97 Å². The first-order valence-corrected chi connectivity index (χ1v) is 15.6. The van der Waals surface area contributed by atoms with Gasteiger partial charge in [0.1, 0.15) is 0 Å². The van der Waals surface area contributed by atoms with Crippen molar-refractivity contribution >= 4 is 5.97 Å². The van der Waals surface area contributed by atoms with Crippen LogP contribution in [0.2, 0.25) is 0 Å². The molecule has 0 aromatic rings. The Morgan fingerprint density at radius 2 is 0.944 bits per heavy atom. The molecule has 0 saturated heterocycles. The van der Waals surface area contributed by atoms with Crippen LogP contribution in [0.15, 0.2) is 48.6 Å². The maximum atomic E-state index is 11.8. The van der Waals surface area contributed by atoms with E-state index in [2.05, 4.69) is 62.5 Å². The van der Waals surface area contributed by atoms with Gasteiger partial charge in [-0.15, -0.1) is 0 Å². The molecule has 0 fully saturated rings. The van der Waals surface area contributed by atoms with Crippen LogP contribution in [0, 0.1) is 0 Å². The van der Waals surface area contributed by atoms with Gasteiger partial charge in [-0.25, -0.2) is 0 Å². The van der Waals surface area contributed by atoms with Gasteiger partial charge in [-0.05, 0) is 64.2 Å². The van der Waals surface area contributed by atoms with Crippen LogP contribution < -0.4 is 0 Å². The summed E-state index contributed by atoms with van der Waals surface area (Å²) in [6, 6.07) is 0. The Morgan fingerprint density at radius 1 is 0.500 bits per heavy atom. The highest BCUT2D eigenvalue weighted by atomic mass is 16.5. The van der Waals surface area contributed by atoms with Crippen molar-refractivity contribution in [2.24, 2.45) is 0 Å². The van der Waals surface area contributed by atoms with Crippen LogP contribution in [0.5, 0.6) is 0 Å². The molecular weight excluding hydrogens is 440 g/mol. The molecule has 0 aliphatic heterocycles. The van der Waals surface area contributed by atoms with Gasteiger partial charge in [-0.1, -0.05) is 133 Å². The maximum Gasteiger partial charge on any atom is 0.305 e. The molecule has 2 heteroatoms. The summed E-state index contributed by atoms with van der Waals surface area (Å²) in [4.78, 5) is 11.8. The molecule has 0 aromatic heterocycles. The Labute approximate surface area is 225 Å². The van der Waals surface area contributed by atoms with Crippen LogP contribution in [-0.2, 0) is 9.53 Å². The first-order chi connectivity index (χ1) is 17.8. The van der Waals surface area contributed by atoms with Crippen molar-refractivity contribution in [3.05, 3.63) is 48.6 Å². The molecule has 0 aliphatic rings. The first-order valence-electron chi connectivity index (χ1n) is 15.6. The van der Waals surface area contributed by atoms with Gasteiger partial charge in [0.05, 0.1) is 6.61 Å². The summed E-state index contributed by atoms with van der Waals surface area (Å²) in [5, 5.41) is 0. The monoisotopic (exact) mass is 500 g/mol. The third kappa shape index (κ3) is 30.5. The molecule has 0 aliphatic carbocycles. The quantitative estimate of drug-likeness (QED) is 0.0485. The van der Waals surface area contributed by atoms with E-state index in [4.69, 9.17) is 4.74 Å². The Hall–Kier alpha value is -1.57. The van der Waals surface area contributed by atoms with Crippen molar-refractivity contribution in [3.63, 3.8) is 0 Å². The topological polar surface area (TPSA) is 26.3 Å².